The smallest absolute Gasteiger partial charge is 0.238 e. The predicted molar refractivity (Wildman–Crippen MR) is 106 cm³/mol. The van der Waals surface area contributed by atoms with Crippen LogP contribution in [0.2, 0.25) is 0 Å². The zero-order valence-corrected chi connectivity index (χ0v) is 15.4. The van der Waals surface area contributed by atoms with E-state index in [0.717, 1.165) is 54.2 Å². The minimum atomic E-state index is 0.0161. The highest BCUT2D eigenvalue weighted by Crippen LogP contribution is 2.27. The Morgan fingerprint density at radius 3 is 2.63 bits per heavy atom. The molecular weight excluding hydrogens is 340 g/mol. The fourth-order valence-electron chi connectivity index (χ4n) is 3.61. The molecule has 6 heteroatoms. The van der Waals surface area contributed by atoms with Gasteiger partial charge in [-0.2, -0.15) is 0 Å². The van der Waals surface area contributed by atoms with Gasteiger partial charge in [0.1, 0.15) is 11.6 Å². The third kappa shape index (κ3) is 4.11. The summed E-state index contributed by atoms with van der Waals surface area (Å²) in [7, 11) is 1.63. The molecule has 2 aromatic carbocycles. The highest BCUT2D eigenvalue weighted by atomic mass is 16.5. The summed E-state index contributed by atoms with van der Waals surface area (Å²) >= 11 is 0. The molecule has 4 rings (SSSR count). The van der Waals surface area contributed by atoms with Crippen LogP contribution in [-0.2, 0) is 4.79 Å². The van der Waals surface area contributed by atoms with E-state index in [9.17, 15) is 4.79 Å². The molecule has 3 aromatic rings. The van der Waals surface area contributed by atoms with Crippen LogP contribution in [0.1, 0.15) is 24.6 Å². The monoisotopic (exact) mass is 364 g/mol. The van der Waals surface area contributed by atoms with Gasteiger partial charge in [-0.25, -0.2) is 4.98 Å². The Morgan fingerprint density at radius 1 is 1.19 bits per heavy atom. The summed E-state index contributed by atoms with van der Waals surface area (Å²) in [6, 6.07) is 15.5. The number of hydrogen-bond acceptors (Lipinski definition) is 4. The summed E-state index contributed by atoms with van der Waals surface area (Å²) in [5.41, 5.74) is 2.90. The van der Waals surface area contributed by atoms with Gasteiger partial charge >= 0.3 is 0 Å². The molecule has 140 valence electrons. The summed E-state index contributed by atoms with van der Waals surface area (Å²) in [5, 5.41) is 2.95. The van der Waals surface area contributed by atoms with Crippen LogP contribution in [0.4, 0.5) is 5.69 Å². The van der Waals surface area contributed by atoms with E-state index in [1.54, 1.807) is 7.11 Å². The lowest BCUT2D eigenvalue weighted by molar-refractivity contribution is -0.117. The molecule has 2 heterocycles. The number of fused-ring (bicyclic) bond motifs is 1. The summed E-state index contributed by atoms with van der Waals surface area (Å²) < 4.78 is 5.13. The molecule has 0 atom stereocenters. The number of aromatic nitrogens is 2. The third-order valence-electron chi connectivity index (χ3n) is 5.12. The molecule has 0 unspecified atom stereocenters. The van der Waals surface area contributed by atoms with Crippen molar-refractivity contribution in [2.24, 2.45) is 0 Å². The van der Waals surface area contributed by atoms with Crippen LogP contribution < -0.4 is 10.1 Å². The van der Waals surface area contributed by atoms with Gasteiger partial charge in [-0.1, -0.05) is 12.1 Å². The van der Waals surface area contributed by atoms with Gasteiger partial charge in [0.2, 0.25) is 5.91 Å². The second-order valence-corrected chi connectivity index (χ2v) is 6.97. The number of carbonyl (C=O) groups excluding carboxylic acids is 1. The lowest BCUT2D eigenvalue weighted by atomic mass is 9.96. The molecule has 0 spiro atoms. The maximum atomic E-state index is 12.3. The van der Waals surface area contributed by atoms with Crippen molar-refractivity contribution in [1.82, 2.24) is 14.9 Å². The molecule has 1 amide bonds. The van der Waals surface area contributed by atoms with Crippen molar-refractivity contribution in [3.8, 4) is 5.75 Å². The summed E-state index contributed by atoms with van der Waals surface area (Å²) in [6.45, 7) is 2.22. The fraction of sp³-hybridized carbons (Fsp3) is 0.333. The van der Waals surface area contributed by atoms with Gasteiger partial charge < -0.3 is 15.0 Å². The largest absolute Gasteiger partial charge is 0.497 e. The maximum absolute atomic E-state index is 12.3. The number of hydrogen-bond donors (Lipinski definition) is 2. The Morgan fingerprint density at radius 2 is 1.93 bits per heavy atom. The van der Waals surface area contributed by atoms with Crippen LogP contribution in [0.25, 0.3) is 11.0 Å². The summed E-state index contributed by atoms with van der Waals surface area (Å²) in [6.07, 6.45) is 2.02. The number of H-pyrrole nitrogens is 1. The Bertz CT molecular complexity index is 878. The molecule has 1 saturated heterocycles. The van der Waals surface area contributed by atoms with Crippen molar-refractivity contribution in [2.45, 2.75) is 18.8 Å². The lowest BCUT2D eigenvalue weighted by Gasteiger charge is -2.30. The van der Waals surface area contributed by atoms with E-state index in [-0.39, 0.29) is 5.91 Å². The van der Waals surface area contributed by atoms with Crippen molar-refractivity contribution in [1.29, 1.82) is 0 Å². The normalized spacial score (nSPS) is 15.7. The van der Waals surface area contributed by atoms with E-state index in [0.29, 0.717) is 12.5 Å². The van der Waals surface area contributed by atoms with Crippen LogP contribution in [-0.4, -0.2) is 47.5 Å². The quantitative estimate of drug-likeness (QED) is 0.728. The van der Waals surface area contributed by atoms with E-state index < -0.39 is 0 Å². The third-order valence-corrected chi connectivity index (χ3v) is 5.12. The Labute approximate surface area is 158 Å². The van der Waals surface area contributed by atoms with Gasteiger partial charge in [0.05, 0.1) is 24.7 Å². The first-order chi connectivity index (χ1) is 13.2. The number of para-hydroxylation sites is 2. The number of benzene rings is 2. The number of anilines is 1. The molecule has 2 N–H and O–H groups in total. The predicted octanol–water partition coefficient (Wildman–Crippen LogP) is 3.39. The standard InChI is InChI=1S/C21H24N4O2/c1-27-17-8-6-16(7-9-17)22-20(26)14-25-12-10-15(11-13-25)21-23-18-4-2-3-5-19(18)24-21/h2-9,15H,10-14H2,1H3,(H,22,26)(H,23,24). The number of carbonyl (C=O) groups is 1. The number of nitrogens with zero attached hydrogens (tertiary/aromatic N) is 2. The van der Waals surface area contributed by atoms with Crippen molar-refractivity contribution < 1.29 is 9.53 Å². The Balaban J connectivity index is 1.29. The van der Waals surface area contributed by atoms with E-state index in [1.165, 1.54) is 0 Å². The minimum absolute atomic E-state index is 0.0161. The Hall–Kier alpha value is -2.86. The van der Waals surface area contributed by atoms with Crippen molar-refractivity contribution >= 4 is 22.6 Å². The van der Waals surface area contributed by atoms with Gasteiger partial charge in [-0.05, 0) is 62.3 Å². The molecule has 0 aliphatic carbocycles. The first kappa shape index (κ1) is 17.5. The highest BCUT2D eigenvalue weighted by molar-refractivity contribution is 5.92. The second-order valence-electron chi connectivity index (χ2n) is 6.97. The van der Waals surface area contributed by atoms with Crippen LogP contribution in [0.3, 0.4) is 0 Å². The summed E-state index contributed by atoms with van der Waals surface area (Å²) in [5.74, 6) is 2.29. The van der Waals surface area contributed by atoms with Gasteiger partial charge in [-0.3, -0.25) is 9.69 Å². The Kier molecular flexibility index (Phi) is 5.07. The maximum Gasteiger partial charge on any atom is 0.238 e. The zero-order chi connectivity index (χ0) is 18.6. The van der Waals surface area contributed by atoms with E-state index in [4.69, 9.17) is 9.72 Å². The summed E-state index contributed by atoms with van der Waals surface area (Å²) in [4.78, 5) is 22.7. The minimum Gasteiger partial charge on any atom is -0.497 e. The number of rotatable bonds is 5. The molecule has 27 heavy (non-hydrogen) atoms. The van der Waals surface area contributed by atoms with E-state index >= 15 is 0 Å². The average molecular weight is 364 g/mol. The molecule has 0 bridgehead atoms. The highest BCUT2D eigenvalue weighted by Gasteiger charge is 2.24. The number of ether oxygens (including phenoxy) is 1. The van der Waals surface area contributed by atoms with Crippen molar-refractivity contribution in [2.75, 3.05) is 32.1 Å². The van der Waals surface area contributed by atoms with Gasteiger partial charge in [0.15, 0.2) is 0 Å². The van der Waals surface area contributed by atoms with Gasteiger partial charge in [0.25, 0.3) is 0 Å². The van der Waals surface area contributed by atoms with Gasteiger partial charge in [0, 0.05) is 11.6 Å². The van der Waals surface area contributed by atoms with Crippen LogP contribution >= 0.6 is 0 Å². The molecule has 1 aliphatic rings. The molecule has 0 saturated carbocycles. The number of nitrogens with one attached hydrogen (secondary N) is 2. The first-order valence-electron chi connectivity index (χ1n) is 9.32. The molecule has 1 aromatic heterocycles. The molecule has 0 radical (unpaired) electrons. The molecule has 6 nitrogen and oxygen atoms in total. The molecular formula is C21H24N4O2. The number of aromatic amines is 1. The lowest BCUT2D eigenvalue weighted by Crippen LogP contribution is -2.38. The molecule has 1 aliphatic heterocycles. The number of imidazole rings is 1. The van der Waals surface area contributed by atoms with Crippen molar-refractivity contribution in [3.05, 3.63) is 54.4 Å². The number of amides is 1. The van der Waals surface area contributed by atoms with Crippen LogP contribution in [0, 0.1) is 0 Å². The van der Waals surface area contributed by atoms with Crippen LogP contribution in [0.15, 0.2) is 48.5 Å². The van der Waals surface area contributed by atoms with E-state index in [2.05, 4.69) is 21.3 Å². The number of likely N-dealkylation sites (tertiary alicyclic amines) is 1. The van der Waals surface area contributed by atoms with Crippen LogP contribution in [0.5, 0.6) is 5.75 Å². The average Bonchev–Trinajstić information content (AvgIpc) is 3.13. The number of methoxy groups -OCH3 is 1. The second kappa shape index (κ2) is 7.80. The SMILES string of the molecule is COc1ccc(NC(=O)CN2CCC(c3nc4ccccc4[nH]3)CC2)cc1. The fourth-order valence-corrected chi connectivity index (χ4v) is 3.61. The van der Waals surface area contributed by atoms with Crippen molar-refractivity contribution in [3.63, 3.8) is 0 Å². The number of piperidine rings is 1. The first-order valence-corrected chi connectivity index (χ1v) is 9.32. The van der Waals surface area contributed by atoms with Gasteiger partial charge in [-0.15, -0.1) is 0 Å². The zero-order valence-electron chi connectivity index (χ0n) is 15.4. The molecule has 1 fully saturated rings. The van der Waals surface area contributed by atoms with E-state index in [1.807, 2.05) is 42.5 Å². The topological polar surface area (TPSA) is 70.2 Å².